The molecule has 0 unspecified atom stereocenters. The monoisotopic (exact) mass is 415 g/mol. The summed E-state index contributed by atoms with van der Waals surface area (Å²) in [5.41, 5.74) is 4.04. The predicted octanol–water partition coefficient (Wildman–Crippen LogP) is 4.35. The molecular formula is C26H29N3O2. The second-order valence-corrected chi connectivity index (χ2v) is 8.29. The fourth-order valence-electron chi connectivity index (χ4n) is 4.31. The summed E-state index contributed by atoms with van der Waals surface area (Å²) in [5, 5.41) is 7.96. The molecule has 5 heteroatoms. The van der Waals surface area contributed by atoms with Crippen LogP contribution in [0.5, 0.6) is 0 Å². The minimum atomic E-state index is -0.638. The van der Waals surface area contributed by atoms with E-state index in [1.807, 2.05) is 44.2 Å². The molecule has 0 aromatic heterocycles. The molecule has 0 aliphatic carbocycles. The van der Waals surface area contributed by atoms with Gasteiger partial charge in [-0.1, -0.05) is 48.5 Å². The van der Waals surface area contributed by atoms with Crippen LogP contribution in [0.2, 0.25) is 0 Å². The third-order valence-corrected chi connectivity index (χ3v) is 6.19. The van der Waals surface area contributed by atoms with Crippen LogP contribution >= 0.6 is 0 Å². The lowest BCUT2D eigenvalue weighted by Crippen LogP contribution is -2.41. The molecule has 3 aromatic carbocycles. The minimum Gasteiger partial charge on any atom is -0.346 e. The molecule has 0 radical (unpaired) electrons. The zero-order chi connectivity index (χ0) is 21.8. The van der Waals surface area contributed by atoms with E-state index in [0.717, 1.165) is 37.1 Å². The number of carbonyl (C=O) groups excluding carboxylic acids is 2. The van der Waals surface area contributed by atoms with E-state index in [2.05, 4.69) is 45.9 Å². The van der Waals surface area contributed by atoms with E-state index in [1.54, 1.807) is 0 Å². The molecule has 1 saturated heterocycles. The first-order valence-electron chi connectivity index (χ1n) is 10.9. The number of nitrogens with one attached hydrogen (secondary N) is 2. The highest BCUT2D eigenvalue weighted by Gasteiger charge is 2.26. The van der Waals surface area contributed by atoms with E-state index in [4.69, 9.17) is 0 Å². The van der Waals surface area contributed by atoms with Crippen LogP contribution in [-0.4, -0.2) is 36.3 Å². The average Bonchev–Trinajstić information content (AvgIpc) is 3.31. The maximum Gasteiger partial charge on any atom is 0.313 e. The van der Waals surface area contributed by atoms with Crippen LogP contribution in [0.25, 0.3) is 10.8 Å². The maximum atomic E-state index is 12.6. The van der Waals surface area contributed by atoms with E-state index >= 15 is 0 Å². The summed E-state index contributed by atoms with van der Waals surface area (Å²) in [7, 11) is 0. The first-order chi connectivity index (χ1) is 15.0. The summed E-state index contributed by atoms with van der Waals surface area (Å²) in [4.78, 5) is 27.4. The van der Waals surface area contributed by atoms with E-state index in [-0.39, 0.29) is 6.04 Å². The fourth-order valence-corrected chi connectivity index (χ4v) is 4.31. The Morgan fingerprint density at radius 3 is 2.42 bits per heavy atom. The number of rotatable bonds is 5. The molecule has 0 saturated carbocycles. The van der Waals surface area contributed by atoms with Crippen molar-refractivity contribution in [3.8, 4) is 0 Å². The van der Waals surface area contributed by atoms with E-state index in [0.29, 0.717) is 12.2 Å². The lowest BCUT2D eigenvalue weighted by molar-refractivity contribution is -0.136. The topological polar surface area (TPSA) is 61.4 Å². The summed E-state index contributed by atoms with van der Waals surface area (Å²) in [6.45, 7) is 6.39. The first-order valence-corrected chi connectivity index (χ1v) is 10.9. The van der Waals surface area contributed by atoms with E-state index in [9.17, 15) is 9.59 Å². The van der Waals surface area contributed by atoms with Crippen LogP contribution in [0.15, 0.2) is 60.7 Å². The molecule has 0 spiro atoms. The maximum absolute atomic E-state index is 12.6. The van der Waals surface area contributed by atoms with Gasteiger partial charge >= 0.3 is 11.8 Å². The molecule has 1 fully saturated rings. The number of carbonyl (C=O) groups is 2. The lowest BCUT2D eigenvalue weighted by atomic mass is 9.97. The van der Waals surface area contributed by atoms with Crippen molar-refractivity contribution in [3.63, 3.8) is 0 Å². The Labute approximate surface area is 183 Å². The Kier molecular flexibility index (Phi) is 6.33. The summed E-state index contributed by atoms with van der Waals surface area (Å²) < 4.78 is 0. The standard InChI is InChI=1S/C26H29N3O2/c1-18-12-13-21(16-19(18)2)28-26(31)25(30)27-17-24(29-14-5-6-15-29)23-11-7-9-20-8-3-4-10-22(20)23/h3-4,7-13,16,24H,5-6,14-15,17H2,1-2H3,(H,27,30)(H,28,31)/t24-/m0/s1. The van der Waals surface area contributed by atoms with Crippen LogP contribution < -0.4 is 10.6 Å². The van der Waals surface area contributed by atoms with Crippen LogP contribution in [-0.2, 0) is 9.59 Å². The Morgan fingerprint density at radius 2 is 1.65 bits per heavy atom. The number of amides is 2. The lowest BCUT2D eigenvalue weighted by Gasteiger charge is -2.29. The van der Waals surface area contributed by atoms with Crippen molar-refractivity contribution in [2.75, 3.05) is 25.0 Å². The van der Waals surface area contributed by atoms with Crippen molar-refractivity contribution in [2.45, 2.75) is 32.7 Å². The van der Waals surface area contributed by atoms with E-state index in [1.165, 1.54) is 16.3 Å². The van der Waals surface area contributed by atoms with Gasteiger partial charge in [-0.25, -0.2) is 0 Å². The van der Waals surface area contributed by atoms with Crippen molar-refractivity contribution in [3.05, 3.63) is 77.4 Å². The summed E-state index contributed by atoms with van der Waals surface area (Å²) in [6, 6.07) is 20.3. The van der Waals surface area contributed by atoms with Gasteiger partial charge in [0.2, 0.25) is 0 Å². The summed E-state index contributed by atoms with van der Waals surface area (Å²) >= 11 is 0. The van der Waals surface area contributed by atoms with Gasteiger partial charge in [-0.05, 0) is 79.4 Å². The third-order valence-electron chi connectivity index (χ3n) is 6.19. The number of benzene rings is 3. The van der Waals surface area contributed by atoms with Crippen molar-refractivity contribution >= 4 is 28.3 Å². The summed E-state index contributed by atoms with van der Waals surface area (Å²) in [6.07, 6.45) is 2.31. The van der Waals surface area contributed by atoms with Crippen molar-refractivity contribution in [2.24, 2.45) is 0 Å². The molecule has 2 amide bonds. The number of hydrogen-bond donors (Lipinski definition) is 2. The fraction of sp³-hybridized carbons (Fsp3) is 0.308. The highest BCUT2D eigenvalue weighted by Crippen LogP contribution is 2.30. The smallest absolute Gasteiger partial charge is 0.313 e. The second-order valence-electron chi connectivity index (χ2n) is 8.29. The molecule has 1 heterocycles. The zero-order valence-corrected chi connectivity index (χ0v) is 18.2. The highest BCUT2D eigenvalue weighted by atomic mass is 16.2. The first kappa shape index (κ1) is 21.1. The van der Waals surface area contributed by atoms with Crippen LogP contribution in [0.1, 0.15) is 35.6 Å². The SMILES string of the molecule is Cc1ccc(NC(=O)C(=O)NC[C@@H](c2cccc3ccccc23)N2CCCC2)cc1C. The molecule has 4 rings (SSSR count). The number of nitrogens with zero attached hydrogens (tertiary/aromatic N) is 1. The van der Waals surface area contributed by atoms with Crippen LogP contribution in [0.3, 0.4) is 0 Å². The summed E-state index contributed by atoms with van der Waals surface area (Å²) in [5.74, 6) is -1.25. The molecule has 5 nitrogen and oxygen atoms in total. The van der Waals surface area contributed by atoms with Gasteiger partial charge in [0.05, 0.1) is 6.04 Å². The molecule has 0 bridgehead atoms. The number of hydrogen-bond acceptors (Lipinski definition) is 3. The van der Waals surface area contributed by atoms with Crippen molar-refractivity contribution < 1.29 is 9.59 Å². The van der Waals surface area contributed by atoms with Crippen molar-refractivity contribution in [1.82, 2.24) is 10.2 Å². The van der Waals surface area contributed by atoms with Gasteiger partial charge in [0.15, 0.2) is 0 Å². The van der Waals surface area contributed by atoms with Gasteiger partial charge < -0.3 is 10.6 Å². The Hall–Kier alpha value is -3.18. The quantitative estimate of drug-likeness (QED) is 0.609. The van der Waals surface area contributed by atoms with Gasteiger partial charge in [-0.15, -0.1) is 0 Å². The van der Waals surface area contributed by atoms with Gasteiger partial charge in [-0.2, -0.15) is 0 Å². The van der Waals surface area contributed by atoms with E-state index < -0.39 is 11.8 Å². The minimum absolute atomic E-state index is 0.0342. The van der Waals surface area contributed by atoms with Gasteiger partial charge in [0, 0.05) is 12.2 Å². The van der Waals surface area contributed by atoms with Gasteiger partial charge in [0.25, 0.3) is 0 Å². The van der Waals surface area contributed by atoms with Gasteiger partial charge in [-0.3, -0.25) is 14.5 Å². The molecule has 1 aliphatic heterocycles. The molecule has 1 atom stereocenters. The predicted molar refractivity (Wildman–Crippen MR) is 125 cm³/mol. The Bertz CT molecular complexity index is 1100. The molecule has 1 aliphatic rings. The van der Waals surface area contributed by atoms with Crippen molar-refractivity contribution in [1.29, 1.82) is 0 Å². The third kappa shape index (κ3) is 4.78. The highest BCUT2D eigenvalue weighted by molar-refractivity contribution is 6.39. The normalized spacial score (nSPS) is 15.0. The molecule has 31 heavy (non-hydrogen) atoms. The molecule has 3 aromatic rings. The average molecular weight is 416 g/mol. The second kappa shape index (κ2) is 9.31. The molecule has 2 N–H and O–H groups in total. The number of aryl methyl sites for hydroxylation is 2. The van der Waals surface area contributed by atoms with Crippen LogP contribution in [0.4, 0.5) is 5.69 Å². The molecular weight excluding hydrogens is 386 g/mol. The number of anilines is 1. The Morgan fingerprint density at radius 1 is 0.903 bits per heavy atom. The Balaban J connectivity index is 1.49. The number of likely N-dealkylation sites (tertiary alicyclic amines) is 1. The van der Waals surface area contributed by atoms with Crippen LogP contribution in [0, 0.1) is 13.8 Å². The zero-order valence-electron chi connectivity index (χ0n) is 18.2. The van der Waals surface area contributed by atoms with Gasteiger partial charge in [0.1, 0.15) is 0 Å². The molecule has 160 valence electrons. The number of fused-ring (bicyclic) bond motifs is 1. The largest absolute Gasteiger partial charge is 0.346 e.